The first-order chi connectivity index (χ1) is 7.66. The molecule has 0 bridgehead atoms. The van der Waals surface area contributed by atoms with Crippen molar-refractivity contribution >= 4 is 21.6 Å². The molecule has 0 unspecified atom stereocenters. The summed E-state index contributed by atoms with van der Waals surface area (Å²) >= 11 is 3.15. The van der Waals surface area contributed by atoms with Gasteiger partial charge in [0.2, 0.25) is 5.88 Å². The molecular formula is C10H7BrFN3O. The second-order valence-electron chi connectivity index (χ2n) is 2.96. The highest BCUT2D eigenvalue weighted by Crippen LogP contribution is 2.27. The monoisotopic (exact) mass is 283 g/mol. The molecule has 0 amide bonds. The number of hydrogen-bond acceptors (Lipinski definition) is 4. The lowest BCUT2D eigenvalue weighted by Gasteiger charge is -2.07. The minimum absolute atomic E-state index is 0.0635. The molecule has 2 aromatic rings. The summed E-state index contributed by atoms with van der Waals surface area (Å²) in [4.78, 5) is 7.51. The Labute approximate surface area is 99.4 Å². The zero-order valence-electron chi connectivity index (χ0n) is 8.02. The molecule has 2 rings (SSSR count). The van der Waals surface area contributed by atoms with Gasteiger partial charge >= 0.3 is 0 Å². The average Bonchev–Trinajstić information content (AvgIpc) is 2.25. The van der Waals surface area contributed by atoms with Crippen molar-refractivity contribution in [1.82, 2.24) is 9.97 Å². The number of ether oxygens (including phenoxy) is 1. The molecule has 2 N–H and O–H groups in total. The maximum Gasteiger partial charge on any atom is 0.245 e. The van der Waals surface area contributed by atoms with E-state index in [1.807, 2.05) is 0 Å². The number of benzene rings is 1. The zero-order chi connectivity index (χ0) is 11.5. The molecule has 1 aromatic heterocycles. The van der Waals surface area contributed by atoms with Crippen LogP contribution in [0.2, 0.25) is 0 Å². The molecule has 0 spiro atoms. The third-order valence-corrected chi connectivity index (χ3v) is 2.30. The molecule has 0 atom stereocenters. The molecule has 0 aliphatic rings. The minimum Gasteiger partial charge on any atom is -0.434 e. The Hall–Kier alpha value is -1.69. The number of nitrogen functional groups attached to an aromatic ring is 1. The Morgan fingerprint density at radius 1 is 1.38 bits per heavy atom. The van der Waals surface area contributed by atoms with Gasteiger partial charge in [0.25, 0.3) is 0 Å². The zero-order valence-corrected chi connectivity index (χ0v) is 9.61. The molecule has 0 aliphatic heterocycles. The normalized spacial score (nSPS) is 10.1. The van der Waals surface area contributed by atoms with E-state index in [-0.39, 0.29) is 17.3 Å². The molecule has 0 saturated carbocycles. The standard InChI is InChI=1S/C10H7BrFN3O/c11-6-1-2-9(7(12)3-6)16-10-8(13)4-14-5-15-10/h1-5H,13H2. The molecule has 0 fully saturated rings. The number of hydrogen-bond donors (Lipinski definition) is 1. The molecule has 6 heteroatoms. The summed E-state index contributed by atoms with van der Waals surface area (Å²) in [5.41, 5.74) is 5.82. The molecular weight excluding hydrogens is 277 g/mol. The molecule has 1 heterocycles. The lowest BCUT2D eigenvalue weighted by Crippen LogP contribution is -1.96. The van der Waals surface area contributed by atoms with Crippen molar-refractivity contribution in [2.45, 2.75) is 0 Å². The van der Waals surface area contributed by atoms with E-state index in [4.69, 9.17) is 10.5 Å². The number of aromatic nitrogens is 2. The Morgan fingerprint density at radius 3 is 2.88 bits per heavy atom. The van der Waals surface area contributed by atoms with Gasteiger partial charge in [0.05, 0.1) is 6.20 Å². The summed E-state index contributed by atoms with van der Waals surface area (Å²) in [6, 6.07) is 4.45. The smallest absolute Gasteiger partial charge is 0.245 e. The van der Waals surface area contributed by atoms with E-state index >= 15 is 0 Å². The molecule has 82 valence electrons. The summed E-state index contributed by atoms with van der Waals surface area (Å²) in [6.07, 6.45) is 2.67. The molecule has 16 heavy (non-hydrogen) atoms. The number of anilines is 1. The molecule has 1 aromatic carbocycles. The first-order valence-electron chi connectivity index (χ1n) is 4.35. The van der Waals surface area contributed by atoms with Gasteiger partial charge < -0.3 is 10.5 Å². The van der Waals surface area contributed by atoms with Crippen LogP contribution in [-0.2, 0) is 0 Å². The highest BCUT2D eigenvalue weighted by Gasteiger charge is 2.08. The van der Waals surface area contributed by atoms with Crippen LogP contribution in [0.3, 0.4) is 0 Å². The largest absolute Gasteiger partial charge is 0.434 e. The van der Waals surface area contributed by atoms with Gasteiger partial charge in [-0.2, -0.15) is 4.98 Å². The van der Waals surface area contributed by atoms with Gasteiger partial charge in [-0.25, -0.2) is 9.37 Å². The third kappa shape index (κ3) is 2.27. The lowest BCUT2D eigenvalue weighted by molar-refractivity contribution is 0.428. The Bertz CT molecular complexity index is 521. The predicted molar refractivity (Wildman–Crippen MR) is 60.6 cm³/mol. The fourth-order valence-electron chi connectivity index (χ4n) is 1.08. The van der Waals surface area contributed by atoms with Gasteiger partial charge in [0.1, 0.15) is 12.0 Å². The van der Waals surface area contributed by atoms with Crippen LogP contribution in [0.4, 0.5) is 10.1 Å². The maximum atomic E-state index is 13.4. The number of nitrogens with two attached hydrogens (primary N) is 1. The van der Waals surface area contributed by atoms with Crippen molar-refractivity contribution in [3.63, 3.8) is 0 Å². The van der Waals surface area contributed by atoms with E-state index in [0.717, 1.165) is 0 Å². The Morgan fingerprint density at radius 2 is 2.19 bits per heavy atom. The minimum atomic E-state index is -0.493. The summed E-state index contributed by atoms with van der Waals surface area (Å²) in [7, 11) is 0. The Kier molecular flexibility index (Phi) is 3.00. The highest BCUT2D eigenvalue weighted by atomic mass is 79.9. The SMILES string of the molecule is Nc1cncnc1Oc1ccc(Br)cc1F. The first kappa shape index (κ1) is 10.8. The fourth-order valence-corrected chi connectivity index (χ4v) is 1.41. The van der Waals surface area contributed by atoms with Crippen LogP contribution in [0.5, 0.6) is 11.6 Å². The van der Waals surface area contributed by atoms with Gasteiger partial charge in [0, 0.05) is 4.47 Å². The van der Waals surface area contributed by atoms with E-state index in [9.17, 15) is 4.39 Å². The highest BCUT2D eigenvalue weighted by molar-refractivity contribution is 9.10. The second kappa shape index (κ2) is 4.44. The summed E-state index contributed by atoms with van der Waals surface area (Å²) < 4.78 is 19.3. The lowest BCUT2D eigenvalue weighted by atomic mass is 10.3. The number of halogens is 2. The van der Waals surface area contributed by atoms with Crippen molar-refractivity contribution in [3.05, 3.63) is 41.0 Å². The molecule has 0 aliphatic carbocycles. The maximum absolute atomic E-state index is 13.4. The quantitative estimate of drug-likeness (QED) is 0.921. The van der Waals surface area contributed by atoms with Gasteiger partial charge in [-0.15, -0.1) is 0 Å². The van der Waals surface area contributed by atoms with E-state index < -0.39 is 5.82 Å². The van der Waals surface area contributed by atoms with Crippen LogP contribution in [0.25, 0.3) is 0 Å². The van der Waals surface area contributed by atoms with Gasteiger partial charge in [-0.05, 0) is 18.2 Å². The van der Waals surface area contributed by atoms with Gasteiger partial charge in [-0.3, -0.25) is 0 Å². The first-order valence-corrected chi connectivity index (χ1v) is 5.14. The van der Waals surface area contributed by atoms with Gasteiger partial charge in [-0.1, -0.05) is 15.9 Å². The summed E-state index contributed by atoms with van der Waals surface area (Å²) in [6.45, 7) is 0. The average molecular weight is 284 g/mol. The molecule has 0 radical (unpaired) electrons. The van der Waals surface area contributed by atoms with E-state index in [1.54, 1.807) is 6.07 Å². The molecule has 4 nitrogen and oxygen atoms in total. The van der Waals surface area contributed by atoms with Crippen LogP contribution < -0.4 is 10.5 Å². The number of rotatable bonds is 2. The van der Waals surface area contributed by atoms with Crippen LogP contribution >= 0.6 is 15.9 Å². The number of nitrogens with zero attached hydrogens (tertiary/aromatic N) is 2. The molecule has 0 saturated heterocycles. The predicted octanol–water partition coefficient (Wildman–Crippen LogP) is 2.75. The van der Waals surface area contributed by atoms with Crippen molar-refractivity contribution in [3.8, 4) is 11.6 Å². The van der Waals surface area contributed by atoms with Crippen LogP contribution in [0, 0.1) is 5.82 Å². The van der Waals surface area contributed by atoms with Crippen molar-refractivity contribution in [2.24, 2.45) is 0 Å². The van der Waals surface area contributed by atoms with E-state index in [1.165, 1.54) is 24.7 Å². The van der Waals surface area contributed by atoms with Crippen LogP contribution in [0.1, 0.15) is 0 Å². The van der Waals surface area contributed by atoms with E-state index in [0.29, 0.717) is 4.47 Å². The fraction of sp³-hybridized carbons (Fsp3) is 0. The van der Waals surface area contributed by atoms with Crippen molar-refractivity contribution in [1.29, 1.82) is 0 Å². The van der Waals surface area contributed by atoms with E-state index in [2.05, 4.69) is 25.9 Å². The summed E-state index contributed by atoms with van der Waals surface area (Å²) in [5.74, 6) is -0.294. The van der Waals surface area contributed by atoms with Crippen LogP contribution in [-0.4, -0.2) is 9.97 Å². The van der Waals surface area contributed by atoms with Crippen molar-refractivity contribution in [2.75, 3.05) is 5.73 Å². The third-order valence-electron chi connectivity index (χ3n) is 1.80. The second-order valence-corrected chi connectivity index (χ2v) is 3.88. The van der Waals surface area contributed by atoms with Crippen molar-refractivity contribution < 1.29 is 9.13 Å². The van der Waals surface area contributed by atoms with Crippen LogP contribution in [0.15, 0.2) is 35.2 Å². The summed E-state index contributed by atoms with van der Waals surface area (Å²) in [5, 5.41) is 0. The van der Waals surface area contributed by atoms with Gasteiger partial charge in [0.15, 0.2) is 11.6 Å². The Balaban J connectivity index is 2.31. The topological polar surface area (TPSA) is 61.0 Å².